The molecule has 2 rings (SSSR count). The number of ketones is 1. The van der Waals surface area contributed by atoms with Crippen LogP contribution in [0.1, 0.15) is 35.3 Å². The number of carbonyl (C=O) groups excluding carboxylic acids is 1. The summed E-state index contributed by atoms with van der Waals surface area (Å²) in [6, 6.07) is 13.1. The highest BCUT2D eigenvalue weighted by molar-refractivity contribution is 6.06. The highest BCUT2D eigenvalue weighted by Gasteiger charge is 2.05. The zero-order valence-electron chi connectivity index (χ0n) is 16.0. The average Bonchev–Trinajstić information content (AvgIpc) is 2.69. The molecule has 0 radical (unpaired) electrons. The van der Waals surface area contributed by atoms with Crippen molar-refractivity contribution in [2.45, 2.75) is 20.3 Å². The molecule has 0 fully saturated rings. The van der Waals surface area contributed by atoms with E-state index in [1.54, 1.807) is 31.4 Å². The van der Waals surface area contributed by atoms with Gasteiger partial charge in [0.1, 0.15) is 6.61 Å². The molecule has 0 aliphatic heterocycles. The molecule has 27 heavy (non-hydrogen) atoms. The number of hydrogen-bond acceptors (Lipinski definition) is 3. The highest BCUT2D eigenvalue weighted by atomic mass is 16.5. The third kappa shape index (κ3) is 6.20. The molecule has 0 saturated heterocycles. The lowest BCUT2D eigenvalue weighted by Crippen LogP contribution is -1.97. The van der Waals surface area contributed by atoms with Crippen LogP contribution in [0.3, 0.4) is 0 Å². The number of carbonyl (C=O) groups is 1. The Balaban J connectivity index is 2.07. The summed E-state index contributed by atoms with van der Waals surface area (Å²) in [5.74, 6) is 3.52. The van der Waals surface area contributed by atoms with Crippen molar-refractivity contribution < 1.29 is 14.3 Å². The Morgan fingerprint density at radius 1 is 1.11 bits per heavy atom. The Bertz CT molecular complexity index is 877. The van der Waals surface area contributed by atoms with Gasteiger partial charge in [0.2, 0.25) is 0 Å². The van der Waals surface area contributed by atoms with E-state index in [4.69, 9.17) is 15.9 Å². The van der Waals surface area contributed by atoms with Crippen LogP contribution in [0.4, 0.5) is 0 Å². The summed E-state index contributed by atoms with van der Waals surface area (Å²) < 4.78 is 10.7. The minimum atomic E-state index is -0.0459. The van der Waals surface area contributed by atoms with Crippen LogP contribution in [0, 0.1) is 12.3 Å². The molecule has 2 aromatic rings. The first-order chi connectivity index (χ1) is 13.0. The fourth-order valence-corrected chi connectivity index (χ4v) is 2.42. The molecule has 3 nitrogen and oxygen atoms in total. The number of ether oxygens (including phenoxy) is 2. The lowest BCUT2D eigenvalue weighted by Gasteiger charge is -2.09. The molecule has 0 atom stereocenters. The summed E-state index contributed by atoms with van der Waals surface area (Å²) in [5, 5.41) is 0. The maximum atomic E-state index is 12.4. The number of benzene rings is 2. The van der Waals surface area contributed by atoms with Crippen molar-refractivity contribution in [2.75, 3.05) is 13.7 Å². The molecule has 3 heteroatoms. The molecule has 0 aliphatic rings. The maximum absolute atomic E-state index is 12.4. The lowest BCUT2D eigenvalue weighted by atomic mass is 10.0. The van der Waals surface area contributed by atoms with Crippen LogP contribution in [0.5, 0.6) is 11.5 Å². The van der Waals surface area contributed by atoms with Crippen LogP contribution < -0.4 is 9.47 Å². The van der Waals surface area contributed by atoms with Gasteiger partial charge in [-0.2, -0.15) is 0 Å². The summed E-state index contributed by atoms with van der Waals surface area (Å²) >= 11 is 0. The van der Waals surface area contributed by atoms with Gasteiger partial charge in [0.15, 0.2) is 17.3 Å². The van der Waals surface area contributed by atoms with Crippen LogP contribution in [0.2, 0.25) is 0 Å². The third-order valence-corrected chi connectivity index (χ3v) is 3.91. The largest absolute Gasteiger partial charge is 0.493 e. The smallest absolute Gasteiger partial charge is 0.185 e. The second-order valence-electron chi connectivity index (χ2n) is 6.28. The van der Waals surface area contributed by atoms with Gasteiger partial charge in [-0.25, -0.2) is 0 Å². The molecule has 2 aromatic carbocycles. The fraction of sp³-hybridized carbons (Fsp3) is 0.208. The van der Waals surface area contributed by atoms with E-state index in [-0.39, 0.29) is 12.4 Å². The van der Waals surface area contributed by atoms with Crippen LogP contribution in [-0.4, -0.2) is 19.5 Å². The van der Waals surface area contributed by atoms with Crippen molar-refractivity contribution in [2.24, 2.45) is 0 Å². The normalized spacial score (nSPS) is 10.3. The van der Waals surface area contributed by atoms with Crippen LogP contribution in [0.25, 0.3) is 6.08 Å². The molecule has 0 heterocycles. The maximum Gasteiger partial charge on any atom is 0.185 e. The number of hydrogen-bond donors (Lipinski definition) is 0. The van der Waals surface area contributed by atoms with Gasteiger partial charge in [-0.05, 0) is 49.6 Å². The van der Waals surface area contributed by atoms with Gasteiger partial charge in [0.05, 0.1) is 7.11 Å². The number of rotatable bonds is 8. The Morgan fingerprint density at radius 3 is 2.48 bits per heavy atom. The molecular weight excluding hydrogens is 336 g/mol. The van der Waals surface area contributed by atoms with Crippen molar-refractivity contribution in [1.82, 2.24) is 0 Å². The van der Waals surface area contributed by atoms with Crippen molar-refractivity contribution in [3.8, 4) is 23.8 Å². The molecule has 0 N–H and O–H groups in total. The van der Waals surface area contributed by atoms with Gasteiger partial charge in [-0.1, -0.05) is 54.0 Å². The van der Waals surface area contributed by atoms with Crippen molar-refractivity contribution in [3.63, 3.8) is 0 Å². The minimum absolute atomic E-state index is 0.0459. The monoisotopic (exact) mass is 360 g/mol. The highest BCUT2D eigenvalue weighted by Crippen LogP contribution is 2.28. The van der Waals surface area contributed by atoms with Crippen molar-refractivity contribution >= 4 is 11.9 Å². The molecule has 0 bridgehead atoms. The second-order valence-corrected chi connectivity index (χ2v) is 6.28. The molecule has 138 valence electrons. The Labute approximate surface area is 161 Å². The zero-order valence-corrected chi connectivity index (χ0v) is 16.0. The molecule has 0 saturated carbocycles. The molecule has 0 unspecified atom stereocenters. The number of terminal acetylenes is 1. The van der Waals surface area contributed by atoms with E-state index >= 15 is 0 Å². The van der Waals surface area contributed by atoms with E-state index in [0.717, 1.165) is 12.0 Å². The lowest BCUT2D eigenvalue weighted by molar-refractivity contribution is 0.104. The predicted octanol–water partition coefficient (Wildman–Crippen LogP) is 5.11. The Morgan fingerprint density at radius 2 is 1.85 bits per heavy atom. The number of methoxy groups -OCH3 is 1. The van der Waals surface area contributed by atoms with Gasteiger partial charge in [-0.15, -0.1) is 6.42 Å². The van der Waals surface area contributed by atoms with Gasteiger partial charge < -0.3 is 9.47 Å². The van der Waals surface area contributed by atoms with Gasteiger partial charge in [0, 0.05) is 5.56 Å². The topological polar surface area (TPSA) is 35.5 Å². The average molecular weight is 360 g/mol. The minimum Gasteiger partial charge on any atom is -0.493 e. The second kappa shape index (κ2) is 10.0. The van der Waals surface area contributed by atoms with Crippen LogP contribution >= 0.6 is 0 Å². The molecular formula is C24H24O3. The van der Waals surface area contributed by atoms with Crippen molar-refractivity contribution in [1.29, 1.82) is 0 Å². The van der Waals surface area contributed by atoms with Crippen LogP contribution in [0.15, 0.2) is 60.2 Å². The third-order valence-electron chi connectivity index (χ3n) is 3.91. The SMILES string of the molecule is C#CCOc1ccc(/C=C/C(=O)c2ccc(CC=C(C)C)cc2)cc1OC. The van der Waals surface area contributed by atoms with Gasteiger partial charge in [0.25, 0.3) is 0 Å². The van der Waals surface area contributed by atoms with E-state index in [0.29, 0.717) is 17.1 Å². The first kappa shape index (κ1) is 20.1. The Kier molecular flexibility index (Phi) is 7.46. The Hall–Kier alpha value is -3.25. The van der Waals surface area contributed by atoms with E-state index in [2.05, 4.69) is 25.8 Å². The first-order valence-electron chi connectivity index (χ1n) is 8.72. The van der Waals surface area contributed by atoms with Crippen molar-refractivity contribution in [3.05, 3.63) is 76.9 Å². The van der Waals surface area contributed by atoms with E-state index in [1.165, 1.54) is 11.1 Å². The van der Waals surface area contributed by atoms with E-state index in [1.807, 2.05) is 30.3 Å². The molecule has 0 amide bonds. The van der Waals surface area contributed by atoms with E-state index in [9.17, 15) is 4.79 Å². The molecule has 0 aliphatic carbocycles. The van der Waals surface area contributed by atoms with Crippen LogP contribution in [-0.2, 0) is 6.42 Å². The first-order valence-corrected chi connectivity index (χ1v) is 8.72. The summed E-state index contributed by atoms with van der Waals surface area (Å²) in [7, 11) is 1.56. The predicted molar refractivity (Wildman–Crippen MR) is 110 cm³/mol. The standard InChI is InChI=1S/C24H24O3/c1-5-16-27-23-15-11-20(17-24(23)26-4)10-14-22(25)21-12-8-19(9-13-21)7-6-18(2)3/h1,6,8-15,17H,7,16H2,2-4H3/b14-10+. The van der Waals surface area contributed by atoms with Gasteiger partial charge >= 0.3 is 0 Å². The van der Waals surface area contributed by atoms with E-state index < -0.39 is 0 Å². The summed E-state index contributed by atoms with van der Waals surface area (Å²) in [4.78, 5) is 12.4. The quantitative estimate of drug-likeness (QED) is 0.284. The molecule has 0 spiro atoms. The summed E-state index contributed by atoms with van der Waals surface area (Å²) in [5.41, 5.74) is 3.97. The molecule has 0 aromatic heterocycles. The summed E-state index contributed by atoms with van der Waals surface area (Å²) in [6.07, 6.45) is 11.6. The van der Waals surface area contributed by atoms with Gasteiger partial charge in [-0.3, -0.25) is 4.79 Å². The zero-order chi connectivity index (χ0) is 19.6. The number of allylic oxidation sites excluding steroid dienone is 3. The fourth-order valence-electron chi connectivity index (χ4n) is 2.42. The summed E-state index contributed by atoms with van der Waals surface area (Å²) in [6.45, 7) is 4.32.